The molecular weight excluding hydrogens is 534 g/mol. The van der Waals surface area contributed by atoms with Crippen molar-refractivity contribution < 1.29 is 33.7 Å². The molecular formula is C25H36BrN3O7. The third kappa shape index (κ3) is 4.64. The molecule has 0 aromatic rings. The van der Waals surface area contributed by atoms with Crippen molar-refractivity contribution >= 4 is 33.7 Å². The Morgan fingerprint density at radius 2 is 2.06 bits per heavy atom. The number of esters is 1. The first-order valence-corrected chi connectivity index (χ1v) is 13.4. The molecule has 2 bridgehead atoms. The number of nitrogens with zero attached hydrogens (tertiary/aromatic N) is 3. The first-order valence-electron chi connectivity index (χ1n) is 12.5. The summed E-state index contributed by atoms with van der Waals surface area (Å²) < 4.78 is 17.2. The predicted molar refractivity (Wildman–Crippen MR) is 134 cm³/mol. The summed E-state index contributed by atoms with van der Waals surface area (Å²) in [4.78, 5) is 46.2. The molecule has 4 aliphatic heterocycles. The van der Waals surface area contributed by atoms with Crippen LogP contribution in [0, 0.1) is 11.8 Å². The first kappa shape index (κ1) is 27.3. The Balaban J connectivity index is 1.66. The lowest BCUT2D eigenvalue weighted by molar-refractivity contribution is -0.155. The molecule has 0 aliphatic carbocycles. The maximum absolute atomic E-state index is 14.2. The summed E-state index contributed by atoms with van der Waals surface area (Å²) in [5.41, 5.74) is -1.19. The zero-order valence-electron chi connectivity index (χ0n) is 20.7. The molecule has 4 aliphatic rings. The lowest BCUT2D eigenvalue weighted by atomic mass is 9.70. The molecule has 1 N–H and O–H groups in total. The minimum absolute atomic E-state index is 0.0245. The number of hydrogen-bond acceptors (Lipinski definition) is 8. The maximum Gasteiger partial charge on any atom is 0.312 e. The summed E-state index contributed by atoms with van der Waals surface area (Å²) >= 11 is 3.63. The van der Waals surface area contributed by atoms with Gasteiger partial charge in [-0.05, 0) is 13.3 Å². The van der Waals surface area contributed by atoms with Crippen molar-refractivity contribution in [2.75, 3.05) is 59.2 Å². The van der Waals surface area contributed by atoms with E-state index in [4.69, 9.17) is 14.2 Å². The SMILES string of the molecule is C=CCOC(=O)[C@H]1[C@@H]2OC3(CC2Br)C(C(=O)N(CC=C)CCN2CCOCC2)N([C@H](C)CO)C(=O)[C@H]13. The number of morpholine rings is 1. The molecule has 4 rings (SSSR count). The first-order chi connectivity index (χ1) is 17.3. The number of hydrogen-bond donors (Lipinski definition) is 1. The fourth-order valence-electron chi connectivity index (χ4n) is 6.12. The Labute approximate surface area is 220 Å². The van der Waals surface area contributed by atoms with Crippen LogP contribution in [-0.2, 0) is 28.6 Å². The summed E-state index contributed by atoms with van der Waals surface area (Å²) in [6.45, 7) is 13.1. The lowest BCUT2D eigenvalue weighted by Gasteiger charge is -2.39. The molecule has 4 heterocycles. The molecule has 36 heavy (non-hydrogen) atoms. The van der Waals surface area contributed by atoms with Gasteiger partial charge < -0.3 is 29.1 Å². The molecule has 4 fully saturated rings. The van der Waals surface area contributed by atoms with Crippen molar-refractivity contribution in [1.82, 2.24) is 14.7 Å². The van der Waals surface area contributed by atoms with Crippen LogP contribution in [0.4, 0.5) is 0 Å². The van der Waals surface area contributed by atoms with Gasteiger partial charge in [0.2, 0.25) is 11.8 Å². The largest absolute Gasteiger partial charge is 0.461 e. The van der Waals surface area contributed by atoms with Gasteiger partial charge in [0.25, 0.3) is 0 Å². The van der Waals surface area contributed by atoms with Crippen LogP contribution in [0.2, 0.25) is 0 Å². The topological polar surface area (TPSA) is 109 Å². The second kappa shape index (κ2) is 11.3. The van der Waals surface area contributed by atoms with E-state index in [2.05, 4.69) is 34.0 Å². The molecule has 200 valence electrons. The van der Waals surface area contributed by atoms with E-state index < -0.39 is 41.6 Å². The van der Waals surface area contributed by atoms with Gasteiger partial charge in [0.05, 0.1) is 43.8 Å². The van der Waals surface area contributed by atoms with Gasteiger partial charge in [-0.3, -0.25) is 19.3 Å². The second-order valence-corrected chi connectivity index (χ2v) is 11.1. The summed E-state index contributed by atoms with van der Waals surface area (Å²) in [6.07, 6.45) is 2.95. The van der Waals surface area contributed by atoms with Gasteiger partial charge in [0.15, 0.2) is 0 Å². The highest BCUT2D eigenvalue weighted by atomic mass is 79.9. The van der Waals surface area contributed by atoms with Gasteiger partial charge in [-0.25, -0.2) is 0 Å². The number of halogens is 1. The number of aliphatic hydroxyl groups is 1. The Kier molecular flexibility index (Phi) is 8.56. The van der Waals surface area contributed by atoms with Gasteiger partial charge >= 0.3 is 5.97 Å². The molecule has 0 saturated carbocycles. The monoisotopic (exact) mass is 569 g/mol. The number of alkyl halides is 1. The standard InChI is InChI=1S/C25H36BrN3O7/c1-4-6-28(8-7-27-9-12-34-13-10-27)23(32)21-25-14-17(26)20(36-25)18(24(33)35-11-5-2)19(25)22(31)29(21)16(3)15-30/h4-5,16-21,30H,1-2,6-15H2,3H3/t16-,17?,18-,19+,20-,21?,25?/m1/s1. The van der Waals surface area contributed by atoms with Crippen LogP contribution >= 0.6 is 15.9 Å². The Hall–Kier alpha value is -1.79. The lowest BCUT2D eigenvalue weighted by Crippen LogP contribution is -2.59. The molecule has 2 amide bonds. The third-order valence-electron chi connectivity index (χ3n) is 7.77. The number of rotatable bonds is 11. The van der Waals surface area contributed by atoms with Crippen LogP contribution in [0.15, 0.2) is 25.3 Å². The second-order valence-electron chi connectivity index (χ2n) is 9.89. The Morgan fingerprint density at radius 1 is 1.33 bits per heavy atom. The van der Waals surface area contributed by atoms with Crippen LogP contribution in [0.1, 0.15) is 13.3 Å². The summed E-state index contributed by atoms with van der Waals surface area (Å²) in [6, 6.07) is -1.60. The van der Waals surface area contributed by atoms with E-state index in [1.807, 2.05) is 0 Å². The zero-order chi connectivity index (χ0) is 26.0. The van der Waals surface area contributed by atoms with Crippen molar-refractivity contribution in [3.8, 4) is 0 Å². The fraction of sp³-hybridized carbons (Fsp3) is 0.720. The highest BCUT2D eigenvalue weighted by Gasteiger charge is 2.77. The fourth-order valence-corrected chi connectivity index (χ4v) is 7.07. The van der Waals surface area contributed by atoms with E-state index in [1.54, 1.807) is 17.9 Å². The minimum atomic E-state index is -1.19. The Morgan fingerprint density at radius 3 is 2.69 bits per heavy atom. The van der Waals surface area contributed by atoms with E-state index in [0.717, 1.165) is 13.1 Å². The smallest absolute Gasteiger partial charge is 0.312 e. The van der Waals surface area contributed by atoms with Crippen LogP contribution in [0.5, 0.6) is 0 Å². The highest BCUT2D eigenvalue weighted by Crippen LogP contribution is 2.60. The van der Waals surface area contributed by atoms with Crippen LogP contribution in [0.25, 0.3) is 0 Å². The number of aliphatic hydroxyl groups excluding tert-OH is 1. The molecule has 0 radical (unpaired) electrons. The Bertz CT molecular complexity index is 882. The molecule has 10 nitrogen and oxygen atoms in total. The molecule has 0 aromatic heterocycles. The zero-order valence-corrected chi connectivity index (χ0v) is 22.3. The average Bonchev–Trinajstić information content (AvgIpc) is 3.48. The van der Waals surface area contributed by atoms with E-state index in [-0.39, 0.29) is 29.9 Å². The molecule has 4 saturated heterocycles. The number of amides is 2. The van der Waals surface area contributed by atoms with Crippen molar-refractivity contribution in [3.05, 3.63) is 25.3 Å². The van der Waals surface area contributed by atoms with Crippen LogP contribution in [0.3, 0.4) is 0 Å². The van der Waals surface area contributed by atoms with Gasteiger partial charge in [-0.1, -0.05) is 34.7 Å². The molecule has 3 unspecified atom stereocenters. The van der Waals surface area contributed by atoms with Gasteiger partial charge in [0.1, 0.15) is 18.2 Å². The van der Waals surface area contributed by atoms with Crippen LogP contribution < -0.4 is 0 Å². The molecule has 7 atom stereocenters. The van der Waals surface area contributed by atoms with Crippen molar-refractivity contribution in [2.45, 2.75) is 42.0 Å². The van der Waals surface area contributed by atoms with Gasteiger partial charge in [-0.15, -0.1) is 6.58 Å². The normalized spacial score (nSPS) is 34.4. The summed E-state index contributed by atoms with van der Waals surface area (Å²) in [7, 11) is 0. The maximum atomic E-state index is 14.2. The van der Waals surface area contributed by atoms with E-state index in [0.29, 0.717) is 39.3 Å². The third-order valence-corrected chi connectivity index (χ3v) is 8.61. The average molecular weight is 570 g/mol. The molecule has 1 spiro atoms. The molecule has 11 heteroatoms. The van der Waals surface area contributed by atoms with Gasteiger partial charge in [0, 0.05) is 37.6 Å². The summed E-state index contributed by atoms with van der Waals surface area (Å²) in [5, 5.41) is 10.00. The number of carbonyl (C=O) groups excluding carboxylic acids is 3. The number of fused-ring (bicyclic) bond motifs is 1. The number of carbonyl (C=O) groups is 3. The van der Waals surface area contributed by atoms with Crippen molar-refractivity contribution in [3.63, 3.8) is 0 Å². The quantitative estimate of drug-likeness (QED) is 0.213. The molecule has 0 aromatic carbocycles. The van der Waals surface area contributed by atoms with E-state index in [1.165, 1.54) is 11.0 Å². The van der Waals surface area contributed by atoms with Crippen molar-refractivity contribution in [1.29, 1.82) is 0 Å². The van der Waals surface area contributed by atoms with Crippen molar-refractivity contribution in [2.24, 2.45) is 11.8 Å². The highest BCUT2D eigenvalue weighted by molar-refractivity contribution is 9.09. The number of likely N-dealkylation sites (tertiary alicyclic amines) is 1. The minimum Gasteiger partial charge on any atom is -0.461 e. The summed E-state index contributed by atoms with van der Waals surface area (Å²) in [5.74, 6) is -2.86. The number of ether oxygens (including phenoxy) is 3. The van der Waals surface area contributed by atoms with E-state index in [9.17, 15) is 19.5 Å². The van der Waals surface area contributed by atoms with Gasteiger partial charge in [-0.2, -0.15) is 0 Å². The van der Waals surface area contributed by atoms with Crippen LogP contribution in [-0.4, -0.2) is 125 Å². The predicted octanol–water partition coefficient (Wildman–Crippen LogP) is 0.191. The van der Waals surface area contributed by atoms with E-state index >= 15 is 0 Å².